The molecule has 0 fully saturated rings. The molecule has 3 nitrogen and oxygen atoms in total. The van der Waals surface area contributed by atoms with E-state index in [1.165, 1.54) is 12.1 Å². The van der Waals surface area contributed by atoms with Crippen molar-refractivity contribution in [3.63, 3.8) is 0 Å². The molecule has 3 N–H and O–H groups in total. The fourth-order valence-corrected chi connectivity index (χ4v) is 1.27. The Labute approximate surface area is 96.8 Å². The lowest BCUT2D eigenvalue weighted by atomic mass is 10.1. The first kappa shape index (κ1) is 13.5. The van der Waals surface area contributed by atoms with Crippen LogP contribution in [0.5, 0.6) is 0 Å². The van der Waals surface area contributed by atoms with Gasteiger partial charge >= 0.3 is 6.18 Å². The van der Waals surface area contributed by atoms with Gasteiger partial charge in [-0.05, 0) is 17.7 Å². The smallest absolute Gasteiger partial charge is 0.355 e. The zero-order valence-corrected chi connectivity index (χ0v) is 9.05. The molecule has 0 atom stereocenters. The monoisotopic (exact) mass is 246 g/mol. The Hall–Kier alpha value is -1.56. The molecular weight excluding hydrogens is 233 g/mol. The topological polar surface area (TPSA) is 55.1 Å². The first-order chi connectivity index (χ1) is 7.93. The van der Waals surface area contributed by atoms with Crippen molar-refractivity contribution in [1.82, 2.24) is 5.32 Å². The lowest BCUT2D eigenvalue weighted by Gasteiger charge is -2.07. The predicted molar refractivity (Wildman–Crippen MR) is 57.2 cm³/mol. The van der Waals surface area contributed by atoms with E-state index in [4.69, 9.17) is 5.73 Å². The molecule has 0 aliphatic rings. The summed E-state index contributed by atoms with van der Waals surface area (Å²) in [6.07, 6.45) is -4.29. The molecule has 17 heavy (non-hydrogen) atoms. The van der Waals surface area contributed by atoms with Gasteiger partial charge in [-0.15, -0.1) is 0 Å². The maximum Gasteiger partial charge on any atom is 0.416 e. The van der Waals surface area contributed by atoms with E-state index in [2.05, 4.69) is 5.32 Å². The molecule has 0 spiro atoms. The van der Waals surface area contributed by atoms with E-state index < -0.39 is 11.7 Å². The predicted octanol–water partition coefficient (Wildman–Crippen LogP) is 1.32. The SMILES string of the molecule is NCCNC(=O)Cc1ccc(C(F)(F)F)cc1. The molecule has 0 aliphatic carbocycles. The minimum Gasteiger partial charge on any atom is -0.355 e. The van der Waals surface area contributed by atoms with Crippen LogP contribution in [0.4, 0.5) is 13.2 Å². The van der Waals surface area contributed by atoms with Crippen LogP contribution in [0.1, 0.15) is 11.1 Å². The van der Waals surface area contributed by atoms with E-state index >= 15 is 0 Å². The van der Waals surface area contributed by atoms with E-state index in [-0.39, 0.29) is 12.3 Å². The van der Waals surface area contributed by atoms with Gasteiger partial charge in [0.25, 0.3) is 0 Å². The normalized spacial score (nSPS) is 11.3. The van der Waals surface area contributed by atoms with Crippen molar-refractivity contribution in [3.05, 3.63) is 35.4 Å². The van der Waals surface area contributed by atoms with Crippen LogP contribution < -0.4 is 11.1 Å². The van der Waals surface area contributed by atoms with Crippen molar-refractivity contribution in [2.24, 2.45) is 5.73 Å². The largest absolute Gasteiger partial charge is 0.416 e. The van der Waals surface area contributed by atoms with Gasteiger partial charge < -0.3 is 11.1 Å². The summed E-state index contributed by atoms with van der Waals surface area (Å²) in [5, 5.41) is 2.54. The van der Waals surface area contributed by atoms with E-state index in [0.29, 0.717) is 18.7 Å². The van der Waals surface area contributed by atoms with Gasteiger partial charge in [0, 0.05) is 13.1 Å². The number of carbonyl (C=O) groups excluding carboxylic acids is 1. The summed E-state index contributed by atoms with van der Waals surface area (Å²) in [4.78, 5) is 11.3. The van der Waals surface area contributed by atoms with Crippen LogP contribution in [-0.4, -0.2) is 19.0 Å². The number of rotatable bonds is 4. The highest BCUT2D eigenvalue weighted by molar-refractivity contribution is 5.78. The first-order valence-electron chi connectivity index (χ1n) is 5.06. The van der Waals surface area contributed by atoms with Crippen LogP contribution in [0.15, 0.2) is 24.3 Å². The molecule has 0 saturated carbocycles. The zero-order valence-electron chi connectivity index (χ0n) is 9.05. The van der Waals surface area contributed by atoms with Gasteiger partial charge in [0.1, 0.15) is 0 Å². The summed E-state index contributed by atoms with van der Waals surface area (Å²) in [6, 6.07) is 4.52. The number of hydrogen-bond donors (Lipinski definition) is 2. The summed E-state index contributed by atoms with van der Waals surface area (Å²) in [5.74, 6) is -0.254. The molecule has 0 aromatic heterocycles. The van der Waals surface area contributed by atoms with Crippen LogP contribution in [0, 0.1) is 0 Å². The molecule has 1 rings (SSSR count). The number of amides is 1. The van der Waals surface area contributed by atoms with Gasteiger partial charge in [0.05, 0.1) is 12.0 Å². The standard InChI is InChI=1S/C11H13F3N2O/c12-11(13,14)9-3-1-8(2-4-9)7-10(17)16-6-5-15/h1-4H,5-7,15H2,(H,16,17). The van der Waals surface area contributed by atoms with Crippen molar-refractivity contribution in [3.8, 4) is 0 Å². The summed E-state index contributed by atoms with van der Waals surface area (Å²) >= 11 is 0. The Morgan fingerprint density at radius 1 is 1.24 bits per heavy atom. The Bertz CT molecular complexity index is 373. The van der Waals surface area contributed by atoms with E-state index in [1.54, 1.807) is 0 Å². The van der Waals surface area contributed by atoms with Crippen LogP contribution in [0.2, 0.25) is 0 Å². The second-order valence-corrected chi connectivity index (χ2v) is 3.51. The number of halogens is 3. The molecule has 6 heteroatoms. The molecule has 0 radical (unpaired) electrons. The number of alkyl halides is 3. The third kappa shape index (κ3) is 4.44. The number of benzene rings is 1. The molecule has 0 heterocycles. The van der Waals surface area contributed by atoms with Crippen LogP contribution >= 0.6 is 0 Å². The molecule has 0 unspecified atom stereocenters. The average Bonchev–Trinajstić information content (AvgIpc) is 2.26. The molecule has 1 amide bonds. The minimum atomic E-state index is -4.35. The van der Waals surface area contributed by atoms with Gasteiger partial charge in [0.2, 0.25) is 5.91 Å². The minimum absolute atomic E-state index is 0.0537. The lowest BCUT2D eigenvalue weighted by Crippen LogP contribution is -2.30. The fourth-order valence-electron chi connectivity index (χ4n) is 1.27. The zero-order chi connectivity index (χ0) is 12.9. The van der Waals surface area contributed by atoms with E-state index in [0.717, 1.165) is 12.1 Å². The Morgan fingerprint density at radius 3 is 2.29 bits per heavy atom. The highest BCUT2D eigenvalue weighted by atomic mass is 19.4. The highest BCUT2D eigenvalue weighted by Gasteiger charge is 2.29. The van der Waals surface area contributed by atoms with E-state index in [9.17, 15) is 18.0 Å². The second kappa shape index (κ2) is 5.67. The summed E-state index contributed by atoms with van der Waals surface area (Å²) < 4.78 is 36.8. The molecule has 1 aromatic carbocycles. The summed E-state index contributed by atoms with van der Waals surface area (Å²) in [5.41, 5.74) is 5.01. The number of nitrogens with two attached hydrogens (primary N) is 1. The van der Waals surface area contributed by atoms with Crippen molar-refractivity contribution in [2.75, 3.05) is 13.1 Å². The molecule has 0 bridgehead atoms. The third-order valence-electron chi connectivity index (χ3n) is 2.11. The second-order valence-electron chi connectivity index (χ2n) is 3.51. The van der Waals surface area contributed by atoms with Gasteiger partial charge in [-0.3, -0.25) is 4.79 Å². The van der Waals surface area contributed by atoms with E-state index in [1.807, 2.05) is 0 Å². The molecule has 0 aliphatic heterocycles. The lowest BCUT2D eigenvalue weighted by molar-refractivity contribution is -0.137. The van der Waals surface area contributed by atoms with Gasteiger partial charge in [-0.1, -0.05) is 12.1 Å². The highest BCUT2D eigenvalue weighted by Crippen LogP contribution is 2.29. The van der Waals surface area contributed by atoms with Crippen molar-refractivity contribution >= 4 is 5.91 Å². The average molecular weight is 246 g/mol. The molecule has 0 saturated heterocycles. The molecule has 94 valence electrons. The maximum absolute atomic E-state index is 12.3. The van der Waals surface area contributed by atoms with Gasteiger partial charge in [-0.2, -0.15) is 13.2 Å². The Balaban J connectivity index is 2.60. The van der Waals surface area contributed by atoms with Crippen molar-refractivity contribution in [2.45, 2.75) is 12.6 Å². The quantitative estimate of drug-likeness (QED) is 0.842. The molecular formula is C11H13F3N2O. The maximum atomic E-state index is 12.3. The number of carbonyl (C=O) groups is 1. The third-order valence-corrected chi connectivity index (χ3v) is 2.11. The van der Waals surface area contributed by atoms with Crippen LogP contribution in [0.25, 0.3) is 0 Å². The molecule has 1 aromatic rings. The number of nitrogens with one attached hydrogen (secondary N) is 1. The van der Waals surface area contributed by atoms with Crippen molar-refractivity contribution in [1.29, 1.82) is 0 Å². The summed E-state index contributed by atoms with van der Waals surface area (Å²) in [6.45, 7) is 0.693. The van der Waals surface area contributed by atoms with Gasteiger partial charge in [-0.25, -0.2) is 0 Å². The summed E-state index contributed by atoms with van der Waals surface area (Å²) in [7, 11) is 0. The van der Waals surface area contributed by atoms with Crippen molar-refractivity contribution < 1.29 is 18.0 Å². The van der Waals surface area contributed by atoms with Crippen LogP contribution in [-0.2, 0) is 17.4 Å². The fraction of sp³-hybridized carbons (Fsp3) is 0.364. The Morgan fingerprint density at radius 2 is 1.82 bits per heavy atom. The van der Waals surface area contributed by atoms with Crippen LogP contribution in [0.3, 0.4) is 0 Å². The Kier molecular flexibility index (Phi) is 4.51. The van der Waals surface area contributed by atoms with Gasteiger partial charge in [0.15, 0.2) is 0 Å². The first-order valence-corrected chi connectivity index (χ1v) is 5.06. The number of hydrogen-bond acceptors (Lipinski definition) is 2.